The average molecular weight is 458 g/mol. The fraction of sp³-hybridized carbons (Fsp3) is 0.167. The Bertz CT molecular complexity index is 1440. The number of hydrogen-bond acceptors (Lipinski definition) is 6. The summed E-state index contributed by atoms with van der Waals surface area (Å²) in [7, 11) is 0. The first-order chi connectivity index (χ1) is 16.1. The number of aromatic nitrogens is 1. The SMILES string of the molecule is CCC1=NN2C(=N)C(=Cc3cn(Cc4ccc5c(c4)OCO5)c4ccccc34)C(=O)N=C2S1. The van der Waals surface area contributed by atoms with Crippen LogP contribution in [0.15, 0.2) is 64.3 Å². The van der Waals surface area contributed by atoms with Crippen LogP contribution >= 0.6 is 11.8 Å². The van der Waals surface area contributed by atoms with Crippen molar-refractivity contribution < 1.29 is 14.3 Å². The zero-order valence-corrected chi connectivity index (χ0v) is 18.6. The second-order valence-electron chi connectivity index (χ2n) is 7.78. The Morgan fingerprint density at radius 3 is 2.91 bits per heavy atom. The Morgan fingerprint density at radius 1 is 1.18 bits per heavy atom. The number of carbonyl (C=O) groups is 1. The number of para-hydroxylation sites is 1. The predicted molar refractivity (Wildman–Crippen MR) is 129 cm³/mol. The Hall–Kier alpha value is -3.85. The molecule has 8 nitrogen and oxygen atoms in total. The van der Waals surface area contributed by atoms with Crippen molar-refractivity contribution in [3.63, 3.8) is 0 Å². The monoisotopic (exact) mass is 457 g/mol. The van der Waals surface area contributed by atoms with E-state index in [-0.39, 0.29) is 18.2 Å². The van der Waals surface area contributed by atoms with Gasteiger partial charge in [-0.2, -0.15) is 15.1 Å². The maximum Gasteiger partial charge on any atom is 0.283 e. The van der Waals surface area contributed by atoms with Crippen molar-refractivity contribution in [3.05, 3.63) is 65.4 Å². The zero-order valence-electron chi connectivity index (χ0n) is 17.7. The van der Waals surface area contributed by atoms with Crippen molar-refractivity contribution in [1.29, 1.82) is 5.41 Å². The minimum atomic E-state index is -0.418. The zero-order chi connectivity index (χ0) is 22.5. The number of hydrogen-bond donors (Lipinski definition) is 1. The number of thioether (sulfide) groups is 1. The number of carbonyl (C=O) groups excluding carboxylic acids is 1. The van der Waals surface area contributed by atoms with Crippen molar-refractivity contribution in [2.45, 2.75) is 19.9 Å². The van der Waals surface area contributed by atoms with Crippen LogP contribution in [0, 0.1) is 5.41 Å². The van der Waals surface area contributed by atoms with E-state index in [1.807, 2.05) is 55.6 Å². The van der Waals surface area contributed by atoms with E-state index in [1.54, 1.807) is 6.08 Å². The minimum Gasteiger partial charge on any atom is -0.454 e. The lowest BCUT2D eigenvalue weighted by molar-refractivity contribution is -0.114. The molecule has 1 N–H and O–H groups in total. The molecule has 6 rings (SSSR count). The number of amides is 1. The van der Waals surface area contributed by atoms with E-state index in [0.29, 0.717) is 11.7 Å². The van der Waals surface area contributed by atoms with E-state index in [1.165, 1.54) is 16.8 Å². The third-order valence-corrected chi connectivity index (χ3v) is 6.76. The summed E-state index contributed by atoms with van der Waals surface area (Å²) in [5, 5.41) is 16.7. The number of benzene rings is 2. The molecule has 164 valence electrons. The molecule has 4 heterocycles. The van der Waals surface area contributed by atoms with Gasteiger partial charge in [0.15, 0.2) is 17.3 Å². The van der Waals surface area contributed by atoms with Crippen LogP contribution in [0.3, 0.4) is 0 Å². The molecular weight excluding hydrogens is 438 g/mol. The number of aliphatic imine (C=N–C) groups is 1. The lowest BCUT2D eigenvalue weighted by Crippen LogP contribution is -2.35. The highest BCUT2D eigenvalue weighted by molar-refractivity contribution is 8.26. The van der Waals surface area contributed by atoms with Crippen LogP contribution in [0.1, 0.15) is 24.5 Å². The molecule has 0 radical (unpaired) electrons. The second-order valence-corrected chi connectivity index (χ2v) is 8.82. The molecule has 0 atom stereocenters. The van der Waals surface area contributed by atoms with E-state index in [0.717, 1.165) is 45.0 Å². The third kappa shape index (κ3) is 3.32. The fourth-order valence-electron chi connectivity index (χ4n) is 4.09. The summed E-state index contributed by atoms with van der Waals surface area (Å²) < 4.78 is 13.1. The van der Waals surface area contributed by atoms with Crippen molar-refractivity contribution in [2.75, 3.05) is 6.79 Å². The molecule has 0 bridgehead atoms. The van der Waals surface area contributed by atoms with Gasteiger partial charge < -0.3 is 14.0 Å². The largest absolute Gasteiger partial charge is 0.454 e. The van der Waals surface area contributed by atoms with Gasteiger partial charge in [-0.15, -0.1) is 0 Å². The first-order valence-electron chi connectivity index (χ1n) is 10.6. The predicted octanol–water partition coefficient (Wildman–Crippen LogP) is 4.45. The molecule has 2 aromatic carbocycles. The number of nitrogens with zero attached hydrogens (tertiary/aromatic N) is 4. The van der Waals surface area contributed by atoms with Crippen molar-refractivity contribution in [2.24, 2.45) is 10.1 Å². The number of nitrogens with one attached hydrogen (secondary N) is 1. The first kappa shape index (κ1) is 19.8. The van der Waals surface area contributed by atoms with Crippen LogP contribution in [-0.4, -0.2) is 38.3 Å². The van der Waals surface area contributed by atoms with E-state index in [2.05, 4.69) is 14.7 Å². The Labute approximate surface area is 193 Å². The molecule has 3 aliphatic heterocycles. The molecule has 3 aromatic rings. The molecule has 0 saturated heterocycles. The van der Waals surface area contributed by atoms with Gasteiger partial charge in [0.25, 0.3) is 5.91 Å². The highest BCUT2D eigenvalue weighted by Crippen LogP contribution is 2.34. The van der Waals surface area contributed by atoms with Gasteiger partial charge in [0.05, 0.1) is 5.57 Å². The quantitative estimate of drug-likeness (QED) is 0.585. The number of fused-ring (bicyclic) bond motifs is 3. The van der Waals surface area contributed by atoms with Crippen LogP contribution in [0.25, 0.3) is 17.0 Å². The van der Waals surface area contributed by atoms with E-state index in [4.69, 9.17) is 14.9 Å². The van der Waals surface area contributed by atoms with Gasteiger partial charge in [-0.3, -0.25) is 10.2 Å². The molecule has 1 amide bonds. The van der Waals surface area contributed by atoms with Crippen molar-refractivity contribution >= 4 is 50.7 Å². The Balaban J connectivity index is 1.39. The minimum absolute atomic E-state index is 0.0496. The molecule has 3 aliphatic rings. The number of rotatable bonds is 4. The van der Waals surface area contributed by atoms with Crippen LogP contribution in [0.5, 0.6) is 11.5 Å². The van der Waals surface area contributed by atoms with Crippen LogP contribution < -0.4 is 9.47 Å². The van der Waals surface area contributed by atoms with Crippen LogP contribution in [-0.2, 0) is 11.3 Å². The molecule has 1 aromatic heterocycles. The summed E-state index contributed by atoms with van der Waals surface area (Å²) in [4.78, 5) is 16.9. The number of hydrazone groups is 1. The highest BCUT2D eigenvalue weighted by Gasteiger charge is 2.35. The topological polar surface area (TPSA) is 92.3 Å². The molecule has 0 aliphatic carbocycles. The molecule has 0 saturated carbocycles. The van der Waals surface area contributed by atoms with Gasteiger partial charge in [0.2, 0.25) is 12.0 Å². The Morgan fingerprint density at radius 2 is 2.03 bits per heavy atom. The summed E-state index contributed by atoms with van der Waals surface area (Å²) in [6, 6.07) is 13.9. The highest BCUT2D eigenvalue weighted by atomic mass is 32.2. The summed E-state index contributed by atoms with van der Waals surface area (Å²) >= 11 is 1.34. The molecule has 0 unspecified atom stereocenters. The lowest BCUT2D eigenvalue weighted by Gasteiger charge is -2.20. The average Bonchev–Trinajstić information content (AvgIpc) is 3.54. The number of ether oxygens (including phenoxy) is 2. The first-order valence-corrected chi connectivity index (χ1v) is 11.4. The normalized spacial score (nSPS) is 18.2. The van der Waals surface area contributed by atoms with Crippen molar-refractivity contribution in [1.82, 2.24) is 9.58 Å². The standard InChI is InChI=1S/C24H19N5O3S/c1-2-21-27-29-22(25)17(23(30)26-24(29)33-21)10-15-12-28(18-6-4-3-5-16(15)18)11-14-7-8-19-20(9-14)32-13-31-19/h3-10,12,25H,2,11,13H2,1H3. The Kier molecular flexibility index (Phi) is 4.58. The summed E-state index contributed by atoms with van der Waals surface area (Å²) in [6.07, 6.45) is 4.48. The summed E-state index contributed by atoms with van der Waals surface area (Å²) in [5.41, 5.74) is 3.19. The second kappa shape index (κ2) is 7.63. The van der Waals surface area contributed by atoms with Gasteiger partial charge in [0.1, 0.15) is 5.04 Å². The molecular formula is C24H19N5O3S. The summed E-state index contributed by atoms with van der Waals surface area (Å²) in [6.45, 7) is 2.86. The van der Waals surface area contributed by atoms with Crippen molar-refractivity contribution in [3.8, 4) is 11.5 Å². The van der Waals surface area contributed by atoms with Gasteiger partial charge in [-0.1, -0.05) is 31.2 Å². The van der Waals surface area contributed by atoms with E-state index >= 15 is 0 Å². The maximum absolute atomic E-state index is 12.8. The van der Waals surface area contributed by atoms with Gasteiger partial charge in [-0.25, -0.2) is 0 Å². The molecule has 0 fully saturated rings. The summed E-state index contributed by atoms with van der Waals surface area (Å²) in [5.74, 6) is 1.13. The van der Waals surface area contributed by atoms with Gasteiger partial charge in [0, 0.05) is 29.2 Å². The molecule has 9 heteroatoms. The fourth-order valence-corrected chi connectivity index (χ4v) is 4.91. The maximum atomic E-state index is 12.8. The van der Waals surface area contributed by atoms with Gasteiger partial charge >= 0.3 is 0 Å². The molecule has 33 heavy (non-hydrogen) atoms. The van der Waals surface area contributed by atoms with E-state index in [9.17, 15) is 4.79 Å². The lowest BCUT2D eigenvalue weighted by atomic mass is 10.1. The van der Waals surface area contributed by atoms with E-state index < -0.39 is 5.91 Å². The van der Waals surface area contributed by atoms with Gasteiger partial charge in [-0.05, 0) is 48.0 Å². The third-order valence-electron chi connectivity index (χ3n) is 5.71. The molecule has 0 spiro atoms. The smallest absolute Gasteiger partial charge is 0.283 e. The number of amidine groups is 2. The van der Waals surface area contributed by atoms with Crippen LogP contribution in [0.2, 0.25) is 0 Å². The van der Waals surface area contributed by atoms with Crippen LogP contribution in [0.4, 0.5) is 0 Å².